The van der Waals surface area contributed by atoms with Crippen molar-refractivity contribution in [2.45, 2.75) is 69.4 Å². The largest absolute Gasteiger partial charge is 0.497 e. The Morgan fingerprint density at radius 2 is 2.03 bits per heavy atom. The summed E-state index contributed by atoms with van der Waals surface area (Å²) in [6.07, 6.45) is 9.54. The third-order valence-corrected chi connectivity index (χ3v) is 6.72. The lowest BCUT2D eigenvalue weighted by Crippen LogP contribution is -2.56. The molecule has 3 aliphatic rings. The number of ether oxygens (including phenoxy) is 1. The number of methoxy groups -OCH3 is 1. The average Bonchev–Trinajstić information content (AvgIpc) is 3.43. The Balaban J connectivity index is 1.29. The molecule has 0 aromatic heterocycles. The molecule has 6 heteroatoms. The third kappa shape index (κ3) is 4.74. The number of oxime groups is 1. The fourth-order valence-electron chi connectivity index (χ4n) is 5.06. The van der Waals surface area contributed by atoms with Crippen LogP contribution in [0.1, 0.15) is 56.9 Å². The highest BCUT2D eigenvalue weighted by Gasteiger charge is 2.41. The number of piperidine rings is 1. The van der Waals surface area contributed by atoms with Gasteiger partial charge in [0.1, 0.15) is 5.75 Å². The molecule has 2 fully saturated rings. The first-order valence-electron chi connectivity index (χ1n) is 11.1. The van der Waals surface area contributed by atoms with Crippen molar-refractivity contribution >= 4 is 11.6 Å². The first-order chi connectivity index (χ1) is 14.2. The van der Waals surface area contributed by atoms with E-state index in [0.29, 0.717) is 12.8 Å². The predicted octanol–water partition coefficient (Wildman–Crippen LogP) is 3.30. The molecule has 1 aromatic carbocycles. The van der Waals surface area contributed by atoms with Gasteiger partial charge < -0.3 is 14.9 Å². The molecule has 2 aliphatic heterocycles. The summed E-state index contributed by atoms with van der Waals surface area (Å²) in [5.41, 5.74) is 2.17. The molecule has 1 unspecified atom stereocenters. The summed E-state index contributed by atoms with van der Waals surface area (Å²) in [6.45, 7) is 3.07. The van der Waals surface area contributed by atoms with Gasteiger partial charge in [-0.05, 0) is 56.5 Å². The summed E-state index contributed by atoms with van der Waals surface area (Å²) in [4.78, 5) is 20.9. The molecule has 0 bridgehead atoms. The minimum Gasteiger partial charge on any atom is -0.497 e. The van der Waals surface area contributed by atoms with E-state index < -0.39 is 6.10 Å². The zero-order chi connectivity index (χ0) is 20.1. The number of carbonyl (C=O) groups excluding carboxylic acids is 1. The van der Waals surface area contributed by atoms with Gasteiger partial charge in [-0.1, -0.05) is 36.6 Å². The predicted molar refractivity (Wildman–Crippen MR) is 113 cm³/mol. The Hall–Kier alpha value is -2.08. The summed E-state index contributed by atoms with van der Waals surface area (Å²) >= 11 is 0. The van der Waals surface area contributed by atoms with Crippen molar-refractivity contribution in [3.63, 3.8) is 0 Å². The number of carbonyl (C=O) groups is 1. The van der Waals surface area contributed by atoms with Crippen molar-refractivity contribution in [3.05, 3.63) is 29.8 Å². The molecular formula is C23H33N3O3. The van der Waals surface area contributed by atoms with E-state index in [0.717, 1.165) is 23.6 Å². The van der Waals surface area contributed by atoms with Crippen LogP contribution in [0.3, 0.4) is 0 Å². The molecule has 6 nitrogen and oxygen atoms in total. The first-order valence-corrected chi connectivity index (χ1v) is 11.1. The number of hydrogen-bond donors (Lipinski definition) is 1. The molecule has 29 heavy (non-hydrogen) atoms. The van der Waals surface area contributed by atoms with Gasteiger partial charge in [0.05, 0.1) is 12.8 Å². The van der Waals surface area contributed by atoms with E-state index in [1.807, 2.05) is 24.3 Å². The normalized spacial score (nSPS) is 24.0. The average molecular weight is 400 g/mol. The van der Waals surface area contributed by atoms with E-state index in [9.17, 15) is 4.79 Å². The van der Waals surface area contributed by atoms with Crippen molar-refractivity contribution in [3.8, 4) is 5.75 Å². The molecule has 1 atom stereocenters. The van der Waals surface area contributed by atoms with Crippen LogP contribution in [-0.2, 0) is 16.1 Å². The molecule has 2 heterocycles. The van der Waals surface area contributed by atoms with Gasteiger partial charge in [0, 0.05) is 24.9 Å². The summed E-state index contributed by atoms with van der Waals surface area (Å²) < 4.78 is 5.28. The van der Waals surface area contributed by atoms with Crippen molar-refractivity contribution in [2.24, 2.45) is 5.16 Å². The lowest BCUT2D eigenvalue weighted by Gasteiger charge is -2.43. The summed E-state index contributed by atoms with van der Waals surface area (Å²) in [5, 5.41) is 7.39. The van der Waals surface area contributed by atoms with Gasteiger partial charge in [-0.3, -0.25) is 9.69 Å². The molecule has 1 amide bonds. The SMILES string of the molecule is COc1cccc(CC2=NOC(C(=O)NCC3(N4CCCCC4)CCCC3)C2)c1. The topological polar surface area (TPSA) is 63.2 Å². The maximum Gasteiger partial charge on any atom is 0.264 e. The van der Waals surface area contributed by atoms with E-state index in [2.05, 4.69) is 15.4 Å². The van der Waals surface area contributed by atoms with Crippen molar-refractivity contribution in [1.82, 2.24) is 10.2 Å². The minimum atomic E-state index is -0.504. The van der Waals surface area contributed by atoms with Crippen molar-refractivity contribution in [1.29, 1.82) is 0 Å². The van der Waals surface area contributed by atoms with Gasteiger partial charge in [0.25, 0.3) is 5.91 Å². The maximum absolute atomic E-state index is 12.8. The number of nitrogens with zero attached hydrogens (tertiary/aromatic N) is 2. The van der Waals surface area contributed by atoms with Crippen LogP contribution in [0.5, 0.6) is 5.75 Å². The van der Waals surface area contributed by atoms with Crippen LogP contribution in [0.25, 0.3) is 0 Å². The van der Waals surface area contributed by atoms with Crippen LogP contribution in [0.2, 0.25) is 0 Å². The second-order valence-electron chi connectivity index (χ2n) is 8.68. The second kappa shape index (κ2) is 9.16. The molecule has 1 saturated heterocycles. The molecule has 0 spiro atoms. The minimum absolute atomic E-state index is 0.0299. The highest BCUT2D eigenvalue weighted by Crippen LogP contribution is 2.36. The Morgan fingerprint density at radius 1 is 1.24 bits per heavy atom. The summed E-state index contributed by atoms with van der Waals surface area (Å²) in [6, 6.07) is 7.93. The summed E-state index contributed by atoms with van der Waals surface area (Å²) in [7, 11) is 1.66. The van der Waals surface area contributed by atoms with Crippen LogP contribution in [0, 0.1) is 0 Å². The van der Waals surface area contributed by atoms with E-state index in [1.54, 1.807) is 7.11 Å². The smallest absolute Gasteiger partial charge is 0.264 e. The zero-order valence-electron chi connectivity index (χ0n) is 17.5. The van der Waals surface area contributed by atoms with Crippen LogP contribution in [0.4, 0.5) is 0 Å². The lowest BCUT2D eigenvalue weighted by molar-refractivity contribution is -0.131. The lowest BCUT2D eigenvalue weighted by atomic mass is 9.92. The molecular weight excluding hydrogens is 366 g/mol. The number of benzene rings is 1. The van der Waals surface area contributed by atoms with E-state index in [4.69, 9.17) is 9.57 Å². The van der Waals surface area contributed by atoms with Gasteiger partial charge in [-0.25, -0.2) is 0 Å². The van der Waals surface area contributed by atoms with E-state index in [1.165, 1.54) is 58.0 Å². The standard InChI is InChI=1S/C23H33N3O3/c1-28-20-9-7-8-18(15-20)14-19-16-21(29-25-19)22(27)24-17-23(10-3-4-11-23)26-12-5-2-6-13-26/h7-9,15,21H,2-6,10-14,16-17H2,1H3,(H,24,27). The van der Waals surface area contributed by atoms with Gasteiger partial charge >= 0.3 is 0 Å². The summed E-state index contributed by atoms with van der Waals surface area (Å²) in [5.74, 6) is 0.800. The number of nitrogens with one attached hydrogen (secondary N) is 1. The molecule has 158 valence electrons. The zero-order valence-corrected chi connectivity index (χ0v) is 17.5. The number of likely N-dealkylation sites (tertiary alicyclic amines) is 1. The van der Waals surface area contributed by atoms with E-state index >= 15 is 0 Å². The fourth-order valence-corrected chi connectivity index (χ4v) is 5.06. The van der Waals surface area contributed by atoms with Gasteiger partial charge in [0.2, 0.25) is 6.10 Å². The van der Waals surface area contributed by atoms with Gasteiger partial charge in [0.15, 0.2) is 0 Å². The van der Waals surface area contributed by atoms with Crippen LogP contribution >= 0.6 is 0 Å². The fraction of sp³-hybridized carbons (Fsp3) is 0.652. The molecule has 1 saturated carbocycles. The monoisotopic (exact) mass is 399 g/mol. The maximum atomic E-state index is 12.8. The second-order valence-corrected chi connectivity index (χ2v) is 8.68. The Labute approximate surface area is 173 Å². The highest BCUT2D eigenvalue weighted by atomic mass is 16.6. The van der Waals surface area contributed by atoms with Gasteiger partial charge in [-0.15, -0.1) is 0 Å². The molecule has 1 aliphatic carbocycles. The Kier molecular flexibility index (Phi) is 6.38. The Bertz CT molecular complexity index is 737. The van der Waals surface area contributed by atoms with E-state index in [-0.39, 0.29) is 11.4 Å². The number of amides is 1. The third-order valence-electron chi connectivity index (χ3n) is 6.72. The molecule has 4 rings (SSSR count). The molecule has 1 N–H and O–H groups in total. The number of hydrogen-bond acceptors (Lipinski definition) is 5. The quantitative estimate of drug-likeness (QED) is 0.764. The molecule has 1 aromatic rings. The van der Waals surface area contributed by atoms with Gasteiger partial charge in [-0.2, -0.15) is 0 Å². The highest BCUT2D eigenvalue weighted by molar-refractivity contribution is 5.94. The van der Waals surface area contributed by atoms with Crippen molar-refractivity contribution in [2.75, 3.05) is 26.7 Å². The molecule has 0 radical (unpaired) electrons. The van der Waals surface area contributed by atoms with Crippen LogP contribution in [0.15, 0.2) is 29.4 Å². The van der Waals surface area contributed by atoms with Crippen molar-refractivity contribution < 1.29 is 14.4 Å². The Morgan fingerprint density at radius 3 is 2.79 bits per heavy atom. The first kappa shape index (κ1) is 20.2. The van der Waals surface area contributed by atoms with Crippen LogP contribution in [-0.4, -0.2) is 54.9 Å². The number of rotatable bonds is 7. The van der Waals surface area contributed by atoms with Crippen LogP contribution < -0.4 is 10.1 Å².